The summed E-state index contributed by atoms with van der Waals surface area (Å²) >= 11 is 0. The number of ether oxygens (including phenoxy) is 1. The summed E-state index contributed by atoms with van der Waals surface area (Å²) in [4.78, 5) is 12.8. The SMILES string of the molecule is CC(C)Oc1ccccc1N(C)CC(C)C(=O)O. The number of hydrogen-bond acceptors (Lipinski definition) is 3. The zero-order chi connectivity index (χ0) is 13.7. The molecule has 1 aromatic carbocycles. The lowest BCUT2D eigenvalue weighted by atomic mass is 10.1. The highest BCUT2D eigenvalue weighted by Crippen LogP contribution is 2.28. The second kappa shape index (κ2) is 6.28. The predicted molar refractivity (Wildman–Crippen MR) is 72.3 cm³/mol. The van der Waals surface area contributed by atoms with E-state index in [1.54, 1.807) is 6.92 Å². The van der Waals surface area contributed by atoms with E-state index in [4.69, 9.17) is 9.84 Å². The highest BCUT2D eigenvalue weighted by molar-refractivity contribution is 5.71. The lowest BCUT2D eigenvalue weighted by molar-refractivity contribution is -0.140. The molecule has 100 valence electrons. The summed E-state index contributed by atoms with van der Waals surface area (Å²) in [6.07, 6.45) is 0.0939. The van der Waals surface area contributed by atoms with Crippen LogP contribution in [-0.2, 0) is 4.79 Å². The maximum Gasteiger partial charge on any atom is 0.308 e. The summed E-state index contributed by atoms with van der Waals surface area (Å²) in [6.45, 7) is 6.09. The van der Waals surface area contributed by atoms with E-state index in [0.29, 0.717) is 6.54 Å². The quantitative estimate of drug-likeness (QED) is 0.844. The van der Waals surface area contributed by atoms with Crippen molar-refractivity contribution in [2.75, 3.05) is 18.5 Å². The Morgan fingerprint density at radius 3 is 2.50 bits per heavy atom. The Labute approximate surface area is 108 Å². The maximum atomic E-state index is 10.9. The van der Waals surface area contributed by atoms with E-state index in [1.165, 1.54) is 0 Å². The Morgan fingerprint density at radius 2 is 1.94 bits per heavy atom. The number of nitrogens with zero attached hydrogens (tertiary/aromatic N) is 1. The van der Waals surface area contributed by atoms with Crippen molar-refractivity contribution in [3.05, 3.63) is 24.3 Å². The van der Waals surface area contributed by atoms with Crippen molar-refractivity contribution in [3.8, 4) is 5.75 Å². The molecule has 0 fully saturated rings. The van der Waals surface area contributed by atoms with E-state index in [9.17, 15) is 4.79 Å². The van der Waals surface area contributed by atoms with Crippen molar-refractivity contribution in [2.24, 2.45) is 5.92 Å². The fraction of sp³-hybridized carbons (Fsp3) is 0.500. The average molecular weight is 251 g/mol. The Kier molecular flexibility index (Phi) is 5.01. The van der Waals surface area contributed by atoms with E-state index in [0.717, 1.165) is 11.4 Å². The van der Waals surface area contributed by atoms with E-state index in [2.05, 4.69) is 0 Å². The minimum Gasteiger partial charge on any atom is -0.489 e. The van der Waals surface area contributed by atoms with Gasteiger partial charge in [-0.15, -0.1) is 0 Å². The molecule has 1 unspecified atom stereocenters. The molecule has 0 spiro atoms. The molecule has 0 bridgehead atoms. The topological polar surface area (TPSA) is 49.8 Å². The number of aliphatic carboxylic acids is 1. The van der Waals surface area contributed by atoms with Gasteiger partial charge in [0, 0.05) is 13.6 Å². The number of rotatable bonds is 6. The molecule has 1 atom stereocenters. The van der Waals surface area contributed by atoms with E-state index in [-0.39, 0.29) is 6.10 Å². The molecule has 0 saturated carbocycles. The van der Waals surface area contributed by atoms with Gasteiger partial charge in [0.2, 0.25) is 0 Å². The third-order valence-corrected chi connectivity index (χ3v) is 2.61. The van der Waals surface area contributed by atoms with Gasteiger partial charge in [-0.3, -0.25) is 4.79 Å². The summed E-state index contributed by atoms with van der Waals surface area (Å²) in [7, 11) is 1.88. The third kappa shape index (κ3) is 3.95. The van der Waals surface area contributed by atoms with Crippen LogP contribution >= 0.6 is 0 Å². The Balaban J connectivity index is 2.84. The largest absolute Gasteiger partial charge is 0.489 e. The van der Waals surface area contributed by atoms with Crippen molar-refractivity contribution in [1.82, 2.24) is 0 Å². The zero-order valence-corrected chi connectivity index (χ0v) is 11.4. The molecule has 0 radical (unpaired) electrons. The number of carbonyl (C=O) groups is 1. The Hall–Kier alpha value is -1.71. The van der Waals surface area contributed by atoms with Gasteiger partial charge >= 0.3 is 5.97 Å². The number of carboxylic acid groups (broad SMARTS) is 1. The molecule has 0 amide bonds. The maximum absolute atomic E-state index is 10.9. The zero-order valence-electron chi connectivity index (χ0n) is 11.4. The van der Waals surface area contributed by atoms with Crippen LogP contribution in [0.3, 0.4) is 0 Å². The van der Waals surface area contributed by atoms with Crippen LogP contribution in [0.15, 0.2) is 24.3 Å². The predicted octanol–water partition coefficient (Wildman–Crippen LogP) is 2.63. The number of benzene rings is 1. The van der Waals surface area contributed by atoms with E-state index >= 15 is 0 Å². The average Bonchev–Trinajstić information content (AvgIpc) is 2.28. The molecule has 1 aromatic rings. The van der Waals surface area contributed by atoms with Crippen molar-refractivity contribution in [3.63, 3.8) is 0 Å². The van der Waals surface area contributed by atoms with Gasteiger partial charge in [0.1, 0.15) is 5.75 Å². The number of para-hydroxylation sites is 2. The lowest BCUT2D eigenvalue weighted by Crippen LogP contribution is -2.28. The van der Waals surface area contributed by atoms with E-state index < -0.39 is 11.9 Å². The second-order valence-electron chi connectivity index (χ2n) is 4.75. The van der Waals surface area contributed by atoms with Crippen molar-refractivity contribution in [2.45, 2.75) is 26.9 Å². The summed E-state index contributed by atoms with van der Waals surface area (Å²) < 4.78 is 5.72. The first-order chi connectivity index (χ1) is 8.41. The molecule has 0 aliphatic rings. The highest BCUT2D eigenvalue weighted by Gasteiger charge is 2.16. The van der Waals surface area contributed by atoms with Gasteiger partial charge in [0.25, 0.3) is 0 Å². The van der Waals surface area contributed by atoms with Crippen LogP contribution in [0.5, 0.6) is 5.75 Å². The molecular formula is C14H21NO3. The lowest BCUT2D eigenvalue weighted by Gasteiger charge is -2.24. The summed E-state index contributed by atoms with van der Waals surface area (Å²) in [6, 6.07) is 7.67. The van der Waals surface area contributed by atoms with Gasteiger partial charge < -0.3 is 14.7 Å². The molecule has 0 heterocycles. The molecule has 0 aromatic heterocycles. The Morgan fingerprint density at radius 1 is 1.33 bits per heavy atom. The molecular weight excluding hydrogens is 230 g/mol. The minimum atomic E-state index is -0.788. The van der Waals surface area contributed by atoms with Crippen LogP contribution in [0.2, 0.25) is 0 Å². The second-order valence-corrected chi connectivity index (χ2v) is 4.75. The van der Waals surface area contributed by atoms with Crippen molar-refractivity contribution < 1.29 is 14.6 Å². The molecule has 4 heteroatoms. The van der Waals surface area contributed by atoms with Gasteiger partial charge in [-0.05, 0) is 26.0 Å². The standard InChI is InChI=1S/C14H21NO3/c1-10(2)18-13-8-6-5-7-12(13)15(4)9-11(3)14(16)17/h5-8,10-11H,9H2,1-4H3,(H,16,17). The number of hydrogen-bond donors (Lipinski definition) is 1. The summed E-state index contributed by atoms with van der Waals surface area (Å²) in [5, 5.41) is 8.93. The molecule has 1 N–H and O–H groups in total. The molecule has 0 saturated heterocycles. The molecule has 18 heavy (non-hydrogen) atoms. The van der Waals surface area contributed by atoms with Gasteiger partial charge in [-0.1, -0.05) is 19.1 Å². The minimum absolute atomic E-state index is 0.0939. The van der Waals surface area contributed by atoms with Crippen molar-refractivity contribution >= 4 is 11.7 Å². The third-order valence-electron chi connectivity index (χ3n) is 2.61. The first-order valence-electron chi connectivity index (χ1n) is 6.11. The van der Waals surface area contributed by atoms with Gasteiger partial charge in [0.15, 0.2) is 0 Å². The monoisotopic (exact) mass is 251 g/mol. The van der Waals surface area contributed by atoms with Crippen LogP contribution in [0.1, 0.15) is 20.8 Å². The normalized spacial score (nSPS) is 12.3. The van der Waals surface area contributed by atoms with E-state index in [1.807, 2.05) is 50.1 Å². The van der Waals surface area contributed by atoms with Crippen LogP contribution in [0.25, 0.3) is 0 Å². The smallest absolute Gasteiger partial charge is 0.308 e. The van der Waals surface area contributed by atoms with Crippen molar-refractivity contribution in [1.29, 1.82) is 0 Å². The van der Waals surface area contributed by atoms with Gasteiger partial charge in [-0.25, -0.2) is 0 Å². The van der Waals surface area contributed by atoms with Crippen LogP contribution in [0, 0.1) is 5.92 Å². The Bertz CT molecular complexity index is 404. The first kappa shape index (κ1) is 14.4. The number of anilines is 1. The fourth-order valence-electron chi connectivity index (χ4n) is 1.71. The molecule has 1 rings (SSSR count). The molecule has 0 aliphatic carbocycles. The van der Waals surface area contributed by atoms with Gasteiger partial charge in [0.05, 0.1) is 17.7 Å². The summed E-state index contributed by atoms with van der Waals surface area (Å²) in [5.41, 5.74) is 0.916. The number of carboxylic acids is 1. The molecule has 0 aliphatic heterocycles. The van der Waals surface area contributed by atoms with Crippen LogP contribution in [-0.4, -0.2) is 30.8 Å². The van der Waals surface area contributed by atoms with Gasteiger partial charge in [-0.2, -0.15) is 0 Å². The van der Waals surface area contributed by atoms with Crippen LogP contribution < -0.4 is 9.64 Å². The fourth-order valence-corrected chi connectivity index (χ4v) is 1.71. The van der Waals surface area contributed by atoms with Crippen LogP contribution in [0.4, 0.5) is 5.69 Å². The first-order valence-corrected chi connectivity index (χ1v) is 6.11. The summed E-state index contributed by atoms with van der Waals surface area (Å²) in [5.74, 6) is -0.418. The highest BCUT2D eigenvalue weighted by atomic mass is 16.5. The molecule has 4 nitrogen and oxygen atoms in total.